The van der Waals surface area contributed by atoms with Crippen LogP contribution in [0.25, 0.3) is 0 Å². The number of hydrogen-bond donors (Lipinski definition) is 1. The Morgan fingerprint density at radius 1 is 1.09 bits per heavy atom. The van der Waals surface area contributed by atoms with E-state index in [1.54, 1.807) is 7.11 Å². The van der Waals surface area contributed by atoms with Crippen molar-refractivity contribution in [2.75, 3.05) is 31.6 Å². The molecule has 0 saturated carbocycles. The van der Waals surface area contributed by atoms with Crippen LogP contribution in [0.5, 0.6) is 5.75 Å². The lowest BCUT2D eigenvalue weighted by Gasteiger charge is -2.25. The highest BCUT2D eigenvalue weighted by atomic mass is 16.5. The van der Waals surface area contributed by atoms with Gasteiger partial charge >= 0.3 is 6.09 Å². The third-order valence-corrected chi connectivity index (χ3v) is 6.32. The molecule has 7 nitrogen and oxygen atoms in total. The van der Waals surface area contributed by atoms with Gasteiger partial charge in [-0.15, -0.1) is 0 Å². The minimum absolute atomic E-state index is 0.0227. The molecular weight excluding hydrogens is 408 g/mol. The van der Waals surface area contributed by atoms with E-state index in [0.717, 1.165) is 34.5 Å². The molecule has 0 saturated heterocycles. The van der Waals surface area contributed by atoms with Crippen LogP contribution in [-0.4, -0.2) is 54.5 Å². The van der Waals surface area contributed by atoms with E-state index in [0.29, 0.717) is 57.3 Å². The van der Waals surface area contributed by atoms with Gasteiger partial charge in [-0.1, -0.05) is 18.2 Å². The number of Topliss-reactive ketones (excluding diaryl/α,β-unsaturated/α-hetero) is 1. The number of amides is 2. The molecule has 0 atom stereocenters. The van der Waals surface area contributed by atoms with Crippen molar-refractivity contribution in [2.45, 2.75) is 38.5 Å². The van der Waals surface area contributed by atoms with E-state index >= 15 is 0 Å². The lowest BCUT2D eigenvalue weighted by atomic mass is 9.94. The molecule has 4 rings (SSSR count). The van der Waals surface area contributed by atoms with E-state index in [4.69, 9.17) is 4.74 Å². The zero-order valence-corrected chi connectivity index (χ0v) is 18.3. The second-order valence-corrected chi connectivity index (χ2v) is 8.30. The molecule has 168 valence electrons. The predicted octanol–water partition coefficient (Wildman–Crippen LogP) is 3.72. The van der Waals surface area contributed by atoms with Gasteiger partial charge in [0.15, 0.2) is 5.78 Å². The topological polar surface area (TPSA) is 87.2 Å². The lowest BCUT2D eigenvalue weighted by molar-refractivity contribution is -0.118. The summed E-state index contributed by atoms with van der Waals surface area (Å²) in [5.74, 6) is 0.931. The Bertz CT molecular complexity index is 1050. The van der Waals surface area contributed by atoms with Gasteiger partial charge in [0.1, 0.15) is 5.75 Å². The fourth-order valence-corrected chi connectivity index (χ4v) is 4.66. The molecule has 2 aliphatic rings. The van der Waals surface area contributed by atoms with Crippen LogP contribution in [0.1, 0.15) is 46.3 Å². The number of anilines is 1. The number of carboxylic acid groups (broad SMARTS) is 1. The van der Waals surface area contributed by atoms with E-state index in [1.165, 1.54) is 4.90 Å². The highest BCUT2D eigenvalue weighted by molar-refractivity contribution is 6.02. The van der Waals surface area contributed by atoms with E-state index < -0.39 is 6.09 Å². The zero-order chi connectivity index (χ0) is 22.7. The second kappa shape index (κ2) is 9.42. The number of carbonyl (C=O) groups excluding carboxylic acids is 2. The van der Waals surface area contributed by atoms with E-state index in [2.05, 4.69) is 0 Å². The first kappa shape index (κ1) is 21.9. The van der Waals surface area contributed by atoms with Gasteiger partial charge in [0.25, 0.3) is 0 Å². The van der Waals surface area contributed by atoms with Crippen molar-refractivity contribution >= 4 is 23.5 Å². The van der Waals surface area contributed by atoms with Crippen LogP contribution in [0.15, 0.2) is 36.4 Å². The number of nitrogens with zero attached hydrogens (tertiary/aromatic N) is 2. The monoisotopic (exact) mass is 436 g/mol. The van der Waals surface area contributed by atoms with Crippen molar-refractivity contribution in [1.82, 2.24) is 4.90 Å². The number of para-hydroxylation sites is 1. The van der Waals surface area contributed by atoms with Crippen LogP contribution in [0.4, 0.5) is 10.5 Å². The maximum absolute atomic E-state index is 12.8. The number of benzene rings is 2. The number of methoxy groups -OCH3 is 1. The molecule has 0 spiro atoms. The van der Waals surface area contributed by atoms with E-state index in [9.17, 15) is 19.5 Å². The maximum atomic E-state index is 12.8. The zero-order valence-electron chi connectivity index (χ0n) is 18.3. The number of rotatable bonds is 9. The van der Waals surface area contributed by atoms with Crippen LogP contribution in [0, 0.1) is 0 Å². The molecule has 0 aliphatic carbocycles. The SMILES string of the molecule is COc1ccccc1CCN(CCCC(=O)c1cc2c3c(c1)CCN3C(=O)CC2)C(=O)O. The summed E-state index contributed by atoms with van der Waals surface area (Å²) in [7, 11) is 1.60. The average Bonchev–Trinajstić information content (AvgIpc) is 3.23. The lowest BCUT2D eigenvalue weighted by Crippen LogP contribution is -2.33. The van der Waals surface area contributed by atoms with Crippen LogP contribution >= 0.6 is 0 Å². The van der Waals surface area contributed by atoms with Gasteiger partial charge in [-0.25, -0.2) is 4.79 Å². The van der Waals surface area contributed by atoms with Crippen molar-refractivity contribution in [3.05, 3.63) is 58.7 Å². The standard InChI is InChI=1S/C25H28N2O5/c1-32-22-7-3-2-5-17(22)10-13-26(25(30)31)12-4-6-21(28)20-15-18-8-9-23(29)27-14-11-19(16-20)24(18)27/h2-3,5,7,15-16H,4,6,8-14H2,1H3,(H,30,31). The molecule has 0 unspecified atom stereocenters. The normalized spacial score (nSPS) is 14.3. The Morgan fingerprint density at radius 2 is 1.84 bits per heavy atom. The van der Waals surface area contributed by atoms with Gasteiger partial charge in [0.2, 0.25) is 5.91 Å². The van der Waals surface area contributed by atoms with Crippen molar-refractivity contribution in [3.63, 3.8) is 0 Å². The third-order valence-electron chi connectivity index (χ3n) is 6.32. The van der Waals surface area contributed by atoms with Crippen molar-refractivity contribution in [2.24, 2.45) is 0 Å². The van der Waals surface area contributed by atoms with Crippen LogP contribution in [0.2, 0.25) is 0 Å². The molecular formula is C25H28N2O5. The first-order valence-electron chi connectivity index (χ1n) is 11.1. The minimum atomic E-state index is -0.987. The molecule has 2 aromatic rings. The Labute approximate surface area is 187 Å². The summed E-state index contributed by atoms with van der Waals surface area (Å²) in [6.45, 7) is 1.34. The Balaban J connectivity index is 1.34. The molecule has 7 heteroatoms. The summed E-state index contributed by atoms with van der Waals surface area (Å²) in [5.41, 5.74) is 4.78. The van der Waals surface area contributed by atoms with Gasteiger partial charge < -0.3 is 19.6 Å². The minimum Gasteiger partial charge on any atom is -0.496 e. The number of carbonyl (C=O) groups is 3. The number of hydrogen-bond acceptors (Lipinski definition) is 4. The highest BCUT2D eigenvalue weighted by Crippen LogP contribution is 2.37. The van der Waals surface area contributed by atoms with Crippen LogP contribution < -0.4 is 9.64 Å². The quantitative estimate of drug-likeness (QED) is 0.606. The molecule has 0 radical (unpaired) electrons. The second-order valence-electron chi connectivity index (χ2n) is 8.30. The van der Waals surface area contributed by atoms with Crippen LogP contribution in [0.3, 0.4) is 0 Å². The molecule has 2 aliphatic heterocycles. The number of ketones is 1. The number of aryl methyl sites for hydroxylation is 1. The summed E-state index contributed by atoms with van der Waals surface area (Å²) in [5, 5.41) is 9.56. The van der Waals surface area contributed by atoms with Crippen LogP contribution in [-0.2, 0) is 24.1 Å². The molecule has 0 fully saturated rings. The molecule has 0 aromatic heterocycles. The summed E-state index contributed by atoms with van der Waals surface area (Å²) in [6.07, 6.45) is 2.27. The van der Waals surface area contributed by atoms with Crippen molar-refractivity contribution in [3.8, 4) is 5.75 Å². The van der Waals surface area contributed by atoms with Gasteiger partial charge in [-0.3, -0.25) is 9.59 Å². The van der Waals surface area contributed by atoms with E-state index in [-0.39, 0.29) is 11.7 Å². The van der Waals surface area contributed by atoms with Crippen molar-refractivity contribution < 1.29 is 24.2 Å². The first-order valence-corrected chi connectivity index (χ1v) is 11.1. The van der Waals surface area contributed by atoms with Gasteiger partial charge in [0.05, 0.1) is 12.8 Å². The molecule has 2 heterocycles. The summed E-state index contributed by atoms with van der Waals surface area (Å²) >= 11 is 0. The maximum Gasteiger partial charge on any atom is 0.407 e. The van der Waals surface area contributed by atoms with Gasteiger partial charge in [-0.2, -0.15) is 0 Å². The fourth-order valence-electron chi connectivity index (χ4n) is 4.66. The summed E-state index contributed by atoms with van der Waals surface area (Å²) in [4.78, 5) is 39.8. The summed E-state index contributed by atoms with van der Waals surface area (Å²) in [6, 6.07) is 11.4. The molecule has 2 amide bonds. The Hall–Kier alpha value is -3.35. The fraction of sp³-hybridized carbons (Fsp3) is 0.400. The molecule has 0 bridgehead atoms. The van der Waals surface area contributed by atoms with Gasteiger partial charge in [-0.05, 0) is 60.6 Å². The predicted molar refractivity (Wildman–Crippen MR) is 121 cm³/mol. The van der Waals surface area contributed by atoms with Crippen molar-refractivity contribution in [1.29, 1.82) is 0 Å². The number of ether oxygens (including phenoxy) is 1. The highest BCUT2D eigenvalue weighted by Gasteiger charge is 2.31. The Morgan fingerprint density at radius 3 is 2.59 bits per heavy atom. The summed E-state index contributed by atoms with van der Waals surface area (Å²) < 4.78 is 5.33. The third kappa shape index (κ3) is 4.47. The molecule has 32 heavy (non-hydrogen) atoms. The molecule has 2 aromatic carbocycles. The largest absolute Gasteiger partial charge is 0.496 e. The van der Waals surface area contributed by atoms with E-state index in [1.807, 2.05) is 41.3 Å². The smallest absolute Gasteiger partial charge is 0.407 e. The Kier molecular flexibility index (Phi) is 6.44. The first-order chi connectivity index (χ1) is 15.5. The van der Waals surface area contributed by atoms with Gasteiger partial charge in [0, 0.05) is 38.0 Å². The molecule has 1 N–H and O–H groups in total. The average molecular weight is 437 g/mol.